The summed E-state index contributed by atoms with van der Waals surface area (Å²) in [7, 11) is 0. The van der Waals surface area contributed by atoms with Gasteiger partial charge in [0.05, 0.1) is 24.8 Å². The van der Waals surface area contributed by atoms with Gasteiger partial charge in [-0.3, -0.25) is 9.78 Å². The van der Waals surface area contributed by atoms with Crippen LogP contribution in [0, 0.1) is 12.8 Å². The Hall–Kier alpha value is -2.84. The van der Waals surface area contributed by atoms with Crippen molar-refractivity contribution in [2.45, 2.75) is 39.0 Å². The lowest BCUT2D eigenvalue weighted by molar-refractivity contribution is -0.141. The summed E-state index contributed by atoms with van der Waals surface area (Å²) in [5, 5.41) is 0. The average Bonchev–Trinajstić information content (AvgIpc) is 3.46. The van der Waals surface area contributed by atoms with E-state index in [9.17, 15) is 18.0 Å². The lowest BCUT2D eigenvalue weighted by Crippen LogP contribution is -2.34. The van der Waals surface area contributed by atoms with Gasteiger partial charge in [-0.25, -0.2) is 4.98 Å². The van der Waals surface area contributed by atoms with Crippen LogP contribution in [0.5, 0.6) is 5.88 Å². The van der Waals surface area contributed by atoms with E-state index in [0.29, 0.717) is 50.8 Å². The van der Waals surface area contributed by atoms with Gasteiger partial charge in [0.25, 0.3) is 0 Å². The van der Waals surface area contributed by atoms with Crippen molar-refractivity contribution in [1.82, 2.24) is 14.9 Å². The first-order chi connectivity index (χ1) is 14.3. The summed E-state index contributed by atoms with van der Waals surface area (Å²) >= 11 is 0. The largest absolute Gasteiger partial charge is 0.477 e. The van der Waals surface area contributed by atoms with Crippen molar-refractivity contribution >= 4 is 11.6 Å². The summed E-state index contributed by atoms with van der Waals surface area (Å²) in [6.45, 7) is 4.63. The Kier molecular flexibility index (Phi) is 4.37. The van der Waals surface area contributed by atoms with Gasteiger partial charge >= 0.3 is 6.18 Å². The molecule has 158 valence electrons. The van der Waals surface area contributed by atoms with E-state index in [2.05, 4.69) is 16.9 Å². The fourth-order valence-corrected chi connectivity index (χ4v) is 4.63. The zero-order valence-electron chi connectivity index (χ0n) is 16.5. The Balaban J connectivity index is 1.29. The van der Waals surface area contributed by atoms with Crippen molar-refractivity contribution in [3.63, 3.8) is 0 Å². The number of rotatable bonds is 2. The summed E-state index contributed by atoms with van der Waals surface area (Å²) in [4.78, 5) is 24.8. The number of anilines is 1. The standard InChI is InChI=1S/C21H21F3N4O2/c1-12-15-4-7-30-19(15)26-17-11-28(10-16(12)17)20(29)13-3-6-27(9-13)14-2-5-25-18(8-14)21(22,23)24/h2,5,8,13H,3-4,6-7,9-11H2,1H3/t13-/m1/s1. The van der Waals surface area contributed by atoms with E-state index >= 15 is 0 Å². The van der Waals surface area contributed by atoms with Gasteiger partial charge in [-0.15, -0.1) is 0 Å². The molecule has 1 fully saturated rings. The number of carbonyl (C=O) groups excluding carboxylic acids is 1. The molecule has 0 radical (unpaired) electrons. The predicted molar refractivity (Wildman–Crippen MR) is 102 cm³/mol. The van der Waals surface area contributed by atoms with Crippen molar-refractivity contribution in [3.8, 4) is 5.88 Å². The molecule has 0 aliphatic carbocycles. The lowest BCUT2D eigenvalue weighted by atomic mass is 10.0. The SMILES string of the molecule is Cc1c2c(nc3c1CCO3)CN(C(=O)[C@@H]1CCN(c3ccnc(C(F)(F)F)c3)C1)C2. The molecule has 0 N–H and O–H groups in total. The molecule has 1 saturated heterocycles. The Morgan fingerprint density at radius 3 is 2.90 bits per heavy atom. The Bertz CT molecular complexity index is 1020. The maximum atomic E-state index is 13.1. The molecule has 6 nitrogen and oxygen atoms in total. The van der Waals surface area contributed by atoms with Gasteiger partial charge in [0.2, 0.25) is 11.8 Å². The van der Waals surface area contributed by atoms with Crippen LogP contribution in [-0.4, -0.2) is 40.5 Å². The molecule has 3 aliphatic rings. The second-order valence-corrected chi connectivity index (χ2v) is 8.07. The molecule has 5 heterocycles. The maximum absolute atomic E-state index is 13.1. The topological polar surface area (TPSA) is 58.6 Å². The molecule has 0 spiro atoms. The minimum atomic E-state index is -4.48. The first-order valence-corrected chi connectivity index (χ1v) is 10.0. The minimum Gasteiger partial charge on any atom is -0.477 e. The monoisotopic (exact) mass is 418 g/mol. The van der Waals surface area contributed by atoms with E-state index in [1.165, 1.54) is 6.20 Å². The average molecular weight is 418 g/mol. The fourth-order valence-electron chi connectivity index (χ4n) is 4.63. The molecule has 2 aromatic heterocycles. The van der Waals surface area contributed by atoms with Crippen LogP contribution in [0.2, 0.25) is 0 Å². The number of halogens is 3. The number of carbonyl (C=O) groups is 1. The summed E-state index contributed by atoms with van der Waals surface area (Å²) in [6.07, 6.45) is -1.86. The molecule has 0 unspecified atom stereocenters. The van der Waals surface area contributed by atoms with Crippen LogP contribution in [0.25, 0.3) is 0 Å². The van der Waals surface area contributed by atoms with Crippen molar-refractivity contribution < 1.29 is 22.7 Å². The van der Waals surface area contributed by atoms with Crippen LogP contribution in [0.15, 0.2) is 18.3 Å². The van der Waals surface area contributed by atoms with Crippen molar-refractivity contribution in [1.29, 1.82) is 0 Å². The Morgan fingerprint density at radius 2 is 2.10 bits per heavy atom. The van der Waals surface area contributed by atoms with E-state index < -0.39 is 11.9 Å². The highest BCUT2D eigenvalue weighted by Crippen LogP contribution is 2.36. The van der Waals surface area contributed by atoms with Gasteiger partial charge in [0, 0.05) is 43.5 Å². The van der Waals surface area contributed by atoms with E-state index in [1.54, 1.807) is 6.07 Å². The molecule has 1 atom stereocenters. The van der Waals surface area contributed by atoms with Gasteiger partial charge in [-0.05, 0) is 36.6 Å². The number of pyridine rings is 2. The van der Waals surface area contributed by atoms with Gasteiger partial charge in [-0.2, -0.15) is 13.2 Å². The van der Waals surface area contributed by atoms with Crippen LogP contribution in [0.3, 0.4) is 0 Å². The van der Waals surface area contributed by atoms with Gasteiger partial charge in [0.15, 0.2) is 0 Å². The molecule has 0 bridgehead atoms. The smallest absolute Gasteiger partial charge is 0.433 e. The first kappa shape index (κ1) is 19.1. The molecule has 3 aliphatic heterocycles. The van der Waals surface area contributed by atoms with E-state index in [0.717, 1.165) is 34.9 Å². The van der Waals surface area contributed by atoms with Crippen LogP contribution in [0.1, 0.15) is 34.5 Å². The molecular formula is C21H21F3N4O2. The lowest BCUT2D eigenvalue weighted by Gasteiger charge is -2.22. The molecule has 30 heavy (non-hydrogen) atoms. The van der Waals surface area contributed by atoms with Crippen LogP contribution >= 0.6 is 0 Å². The highest BCUT2D eigenvalue weighted by Gasteiger charge is 2.37. The molecular weight excluding hydrogens is 397 g/mol. The summed E-state index contributed by atoms with van der Waals surface area (Å²) in [6, 6.07) is 2.61. The summed E-state index contributed by atoms with van der Waals surface area (Å²) in [5.41, 5.74) is 3.82. The number of nitrogens with zero attached hydrogens (tertiary/aromatic N) is 4. The first-order valence-electron chi connectivity index (χ1n) is 10.0. The number of aromatic nitrogens is 2. The van der Waals surface area contributed by atoms with E-state index in [4.69, 9.17) is 4.74 Å². The molecule has 5 rings (SSSR count). The zero-order valence-corrected chi connectivity index (χ0v) is 16.5. The third-order valence-electron chi connectivity index (χ3n) is 6.28. The van der Waals surface area contributed by atoms with Crippen LogP contribution in [-0.2, 0) is 30.5 Å². The maximum Gasteiger partial charge on any atom is 0.433 e. The number of hydrogen-bond acceptors (Lipinski definition) is 5. The van der Waals surface area contributed by atoms with Gasteiger partial charge in [0.1, 0.15) is 5.69 Å². The number of amides is 1. The number of fused-ring (bicyclic) bond motifs is 2. The minimum absolute atomic E-state index is 0.0288. The second-order valence-electron chi connectivity index (χ2n) is 8.07. The summed E-state index contributed by atoms with van der Waals surface area (Å²) < 4.78 is 44.5. The van der Waals surface area contributed by atoms with E-state index in [-0.39, 0.29) is 11.8 Å². The molecule has 0 saturated carbocycles. The number of alkyl halides is 3. The van der Waals surface area contributed by atoms with Crippen molar-refractivity contribution in [3.05, 3.63) is 46.4 Å². The zero-order chi connectivity index (χ0) is 21.0. The van der Waals surface area contributed by atoms with Crippen LogP contribution < -0.4 is 9.64 Å². The molecule has 1 amide bonds. The number of ether oxygens (including phenoxy) is 1. The second kappa shape index (κ2) is 6.85. The third-order valence-corrected chi connectivity index (χ3v) is 6.28. The molecule has 9 heteroatoms. The van der Waals surface area contributed by atoms with Crippen molar-refractivity contribution in [2.75, 3.05) is 24.6 Å². The highest BCUT2D eigenvalue weighted by molar-refractivity contribution is 5.81. The Morgan fingerprint density at radius 1 is 1.27 bits per heavy atom. The quantitative estimate of drug-likeness (QED) is 0.750. The molecule has 0 aromatic carbocycles. The van der Waals surface area contributed by atoms with Crippen molar-refractivity contribution in [2.24, 2.45) is 5.92 Å². The van der Waals surface area contributed by atoms with E-state index in [1.807, 2.05) is 9.80 Å². The number of hydrogen-bond donors (Lipinski definition) is 0. The van der Waals surface area contributed by atoms with Crippen LogP contribution in [0.4, 0.5) is 18.9 Å². The normalized spacial score (nSPS) is 20.3. The van der Waals surface area contributed by atoms with Gasteiger partial charge < -0.3 is 14.5 Å². The highest BCUT2D eigenvalue weighted by atomic mass is 19.4. The fraction of sp³-hybridized carbons (Fsp3) is 0.476. The summed E-state index contributed by atoms with van der Waals surface area (Å²) in [5.74, 6) is 0.469. The third kappa shape index (κ3) is 3.16. The van der Waals surface area contributed by atoms with Gasteiger partial charge in [-0.1, -0.05) is 0 Å². The predicted octanol–water partition coefficient (Wildman–Crippen LogP) is 3.11. The molecule has 2 aromatic rings. The Labute approximate surface area is 171 Å².